The van der Waals surface area contributed by atoms with Crippen LogP contribution in [0.1, 0.15) is 11.1 Å². The quantitative estimate of drug-likeness (QED) is 0.314. The largest absolute Gasteiger partial charge is 0.490 e. The second kappa shape index (κ2) is 10.6. The number of hydrogen-bond donors (Lipinski definition) is 1. The van der Waals surface area contributed by atoms with Gasteiger partial charge in [-0.3, -0.25) is 14.9 Å². The molecule has 0 aliphatic rings. The average Bonchev–Trinajstić information content (AvgIpc) is 2.77. The molecule has 8 heteroatoms. The number of ether oxygens (including phenoxy) is 2. The van der Waals surface area contributed by atoms with Gasteiger partial charge in [0.25, 0.3) is 5.69 Å². The summed E-state index contributed by atoms with van der Waals surface area (Å²) in [6.45, 7) is 1.02. The lowest BCUT2D eigenvalue weighted by Crippen LogP contribution is -2.24. The van der Waals surface area contributed by atoms with Crippen molar-refractivity contribution in [3.05, 3.63) is 94.2 Å². The van der Waals surface area contributed by atoms with Gasteiger partial charge >= 0.3 is 0 Å². The Morgan fingerprint density at radius 2 is 1.70 bits per heavy atom. The normalized spacial score (nSPS) is 10.3. The SMILES string of the molecule is O=C(Cc1ccccc1[N+](=O)[O-])NCc1ccc(OCCOc2ccccc2)nc1. The number of para-hydroxylation sites is 2. The monoisotopic (exact) mass is 407 g/mol. The molecule has 3 rings (SSSR count). The van der Waals surface area contributed by atoms with Crippen molar-refractivity contribution in [1.82, 2.24) is 10.3 Å². The Morgan fingerprint density at radius 3 is 2.43 bits per heavy atom. The zero-order valence-corrected chi connectivity index (χ0v) is 16.2. The first-order valence-electron chi connectivity index (χ1n) is 9.36. The highest BCUT2D eigenvalue weighted by atomic mass is 16.6. The van der Waals surface area contributed by atoms with Crippen LogP contribution in [0.25, 0.3) is 0 Å². The average molecular weight is 407 g/mol. The highest BCUT2D eigenvalue weighted by molar-refractivity contribution is 5.79. The summed E-state index contributed by atoms with van der Waals surface area (Å²) in [7, 11) is 0. The molecule has 0 spiro atoms. The summed E-state index contributed by atoms with van der Waals surface area (Å²) >= 11 is 0. The molecule has 0 aliphatic heterocycles. The van der Waals surface area contributed by atoms with Crippen LogP contribution in [-0.4, -0.2) is 29.0 Å². The van der Waals surface area contributed by atoms with E-state index in [0.29, 0.717) is 24.7 Å². The third-order valence-electron chi connectivity index (χ3n) is 4.17. The van der Waals surface area contributed by atoms with Crippen molar-refractivity contribution in [2.24, 2.45) is 0 Å². The third kappa shape index (κ3) is 6.30. The van der Waals surface area contributed by atoms with Gasteiger partial charge in [0.1, 0.15) is 19.0 Å². The van der Waals surface area contributed by atoms with Crippen LogP contribution in [0.2, 0.25) is 0 Å². The van der Waals surface area contributed by atoms with E-state index in [1.165, 1.54) is 6.07 Å². The highest BCUT2D eigenvalue weighted by Gasteiger charge is 2.15. The van der Waals surface area contributed by atoms with Gasteiger partial charge in [-0.25, -0.2) is 4.98 Å². The Balaban J connectivity index is 1.41. The van der Waals surface area contributed by atoms with Crippen LogP contribution in [-0.2, 0) is 17.8 Å². The second-order valence-corrected chi connectivity index (χ2v) is 6.35. The van der Waals surface area contributed by atoms with Crippen molar-refractivity contribution in [2.75, 3.05) is 13.2 Å². The smallest absolute Gasteiger partial charge is 0.273 e. The van der Waals surface area contributed by atoms with E-state index in [1.807, 2.05) is 30.3 Å². The fourth-order valence-electron chi connectivity index (χ4n) is 2.70. The minimum atomic E-state index is -0.490. The number of nitrogens with zero attached hydrogens (tertiary/aromatic N) is 2. The molecule has 0 aliphatic carbocycles. The molecule has 0 saturated heterocycles. The van der Waals surface area contributed by atoms with Crippen LogP contribution < -0.4 is 14.8 Å². The first-order chi connectivity index (χ1) is 14.6. The number of amides is 1. The summed E-state index contributed by atoms with van der Waals surface area (Å²) in [5, 5.41) is 13.8. The molecular formula is C22H21N3O5. The van der Waals surface area contributed by atoms with Crippen molar-refractivity contribution >= 4 is 11.6 Å². The molecular weight excluding hydrogens is 386 g/mol. The third-order valence-corrected chi connectivity index (χ3v) is 4.17. The lowest BCUT2D eigenvalue weighted by Gasteiger charge is -2.09. The maximum Gasteiger partial charge on any atom is 0.273 e. The molecule has 1 heterocycles. The van der Waals surface area contributed by atoms with E-state index < -0.39 is 4.92 Å². The van der Waals surface area contributed by atoms with E-state index in [4.69, 9.17) is 9.47 Å². The molecule has 0 fully saturated rings. The number of nitro benzene ring substituents is 1. The molecule has 1 amide bonds. The van der Waals surface area contributed by atoms with E-state index in [9.17, 15) is 14.9 Å². The maximum atomic E-state index is 12.1. The zero-order valence-electron chi connectivity index (χ0n) is 16.2. The van der Waals surface area contributed by atoms with Gasteiger partial charge in [0, 0.05) is 30.4 Å². The molecule has 2 aromatic carbocycles. The number of aromatic nitrogens is 1. The number of nitrogens with one attached hydrogen (secondary N) is 1. The molecule has 0 bridgehead atoms. The number of nitro groups is 1. The molecule has 0 saturated carbocycles. The number of carbonyl (C=O) groups is 1. The van der Waals surface area contributed by atoms with Gasteiger partial charge in [0.15, 0.2) is 0 Å². The van der Waals surface area contributed by atoms with Crippen LogP contribution in [0.15, 0.2) is 72.9 Å². The molecule has 0 atom stereocenters. The van der Waals surface area contributed by atoms with Gasteiger partial charge < -0.3 is 14.8 Å². The van der Waals surface area contributed by atoms with Gasteiger partial charge in [0.05, 0.1) is 11.3 Å². The van der Waals surface area contributed by atoms with Gasteiger partial charge in [-0.15, -0.1) is 0 Å². The molecule has 1 N–H and O–H groups in total. The van der Waals surface area contributed by atoms with Crippen LogP contribution in [0.5, 0.6) is 11.6 Å². The standard InChI is InChI=1S/C22H21N3O5/c26-21(14-18-6-4-5-9-20(18)25(27)28)23-15-17-10-11-22(24-16-17)30-13-12-29-19-7-2-1-3-8-19/h1-11,16H,12-15H2,(H,23,26). The van der Waals surface area contributed by atoms with Crippen molar-refractivity contribution in [2.45, 2.75) is 13.0 Å². The van der Waals surface area contributed by atoms with Gasteiger partial charge in [-0.2, -0.15) is 0 Å². The fourth-order valence-corrected chi connectivity index (χ4v) is 2.70. The molecule has 1 aromatic heterocycles. The predicted molar refractivity (Wildman–Crippen MR) is 110 cm³/mol. The Bertz CT molecular complexity index is 978. The second-order valence-electron chi connectivity index (χ2n) is 6.35. The summed E-state index contributed by atoms with van der Waals surface area (Å²) in [6.07, 6.45) is 1.55. The number of rotatable bonds is 10. The minimum absolute atomic E-state index is 0.0623. The van der Waals surface area contributed by atoms with Crippen LogP contribution >= 0.6 is 0 Å². The zero-order chi connectivity index (χ0) is 21.2. The molecule has 30 heavy (non-hydrogen) atoms. The van der Waals surface area contributed by atoms with Crippen molar-refractivity contribution in [3.63, 3.8) is 0 Å². The Morgan fingerprint density at radius 1 is 0.967 bits per heavy atom. The summed E-state index contributed by atoms with van der Waals surface area (Å²) in [5.74, 6) is 0.935. The van der Waals surface area contributed by atoms with Gasteiger partial charge in [-0.05, 0) is 17.7 Å². The number of pyridine rings is 1. The topological polar surface area (TPSA) is 104 Å². The molecule has 154 valence electrons. The number of benzene rings is 2. The van der Waals surface area contributed by atoms with E-state index >= 15 is 0 Å². The summed E-state index contributed by atoms with van der Waals surface area (Å²) < 4.78 is 11.1. The Labute approximate surface area is 173 Å². The lowest BCUT2D eigenvalue weighted by atomic mass is 10.1. The number of hydrogen-bond acceptors (Lipinski definition) is 6. The maximum absolute atomic E-state index is 12.1. The molecule has 8 nitrogen and oxygen atoms in total. The van der Waals surface area contributed by atoms with E-state index in [-0.39, 0.29) is 24.6 Å². The minimum Gasteiger partial charge on any atom is -0.490 e. The van der Waals surface area contributed by atoms with Crippen molar-refractivity contribution < 1.29 is 19.2 Å². The molecule has 0 radical (unpaired) electrons. The van der Waals surface area contributed by atoms with Crippen LogP contribution in [0, 0.1) is 10.1 Å². The Kier molecular flexibility index (Phi) is 7.32. The predicted octanol–water partition coefficient (Wildman–Crippen LogP) is 3.31. The van der Waals surface area contributed by atoms with E-state index in [2.05, 4.69) is 10.3 Å². The van der Waals surface area contributed by atoms with Gasteiger partial charge in [-0.1, -0.05) is 42.5 Å². The molecule has 3 aromatic rings. The Hall–Kier alpha value is -3.94. The van der Waals surface area contributed by atoms with Crippen molar-refractivity contribution in [3.8, 4) is 11.6 Å². The van der Waals surface area contributed by atoms with Crippen molar-refractivity contribution in [1.29, 1.82) is 0 Å². The fraction of sp³-hybridized carbons (Fsp3) is 0.182. The first kappa shape index (κ1) is 20.8. The van der Waals surface area contributed by atoms with Crippen LogP contribution in [0.4, 0.5) is 5.69 Å². The summed E-state index contributed by atoms with van der Waals surface area (Å²) in [6, 6.07) is 19.2. The van der Waals surface area contributed by atoms with Gasteiger partial charge in [0.2, 0.25) is 11.8 Å². The first-order valence-corrected chi connectivity index (χ1v) is 9.36. The van der Waals surface area contributed by atoms with E-state index in [0.717, 1.165) is 11.3 Å². The summed E-state index contributed by atoms with van der Waals surface area (Å²) in [5.41, 5.74) is 1.10. The van der Waals surface area contributed by atoms with Crippen LogP contribution in [0.3, 0.4) is 0 Å². The molecule has 0 unspecified atom stereocenters. The lowest BCUT2D eigenvalue weighted by molar-refractivity contribution is -0.385. The summed E-state index contributed by atoms with van der Waals surface area (Å²) in [4.78, 5) is 26.9. The number of carbonyl (C=O) groups excluding carboxylic acids is 1. The highest BCUT2D eigenvalue weighted by Crippen LogP contribution is 2.18. The van der Waals surface area contributed by atoms with E-state index in [1.54, 1.807) is 36.5 Å².